The summed E-state index contributed by atoms with van der Waals surface area (Å²) in [5, 5.41) is 0. The lowest BCUT2D eigenvalue weighted by molar-refractivity contribution is -0.201. The molecule has 1 aromatic rings. The quantitative estimate of drug-likeness (QED) is 0.828. The van der Waals surface area contributed by atoms with Gasteiger partial charge in [-0.2, -0.15) is 0 Å². The van der Waals surface area contributed by atoms with Crippen molar-refractivity contribution in [1.82, 2.24) is 4.90 Å². The topological polar surface area (TPSA) is 48.0 Å². The minimum Gasteiger partial charge on any atom is -0.480 e. The second kappa shape index (κ2) is 5.25. The first-order valence-corrected chi connectivity index (χ1v) is 7.89. The highest BCUT2D eigenvalue weighted by atomic mass is 16.5. The molecule has 3 aliphatic rings. The van der Waals surface area contributed by atoms with Gasteiger partial charge in [0.25, 0.3) is 5.91 Å². The van der Waals surface area contributed by atoms with Crippen molar-refractivity contribution in [1.29, 1.82) is 0 Å². The van der Waals surface area contributed by atoms with E-state index in [1.807, 2.05) is 29.2 Å². The summed E-state index contributed by atoms with van der Waals surface area (Å²) in [6, 6.07) is 7.86. The fourth-order valence-electron chi connectivity index (χ4n) is 3.73. The van der Waals surface area contributed by atoms with Gasteiger partial charge in [-0.3, -0.25) is 4.79 Å². The molecule has 4 rings (SSSR count). The fourth-order valence-corrected chi connectivity index (χ4v) is 3.73. The second-order valence-electron chi connectivity index (χ2n) is 6.49. The van der Waals surface area contributed by atoms with Crippen LogP contribution in [0.1, 0.15) is 18.4 Å². The van der Waals surface area contributed by atoms with Crippen molar-refractivity contribution in [3.8, 4) is 5.75 Å². The van der Waals surface area contributed by atoms with Gasteiger partial charge in [0.05, 0.1) is 19.2 Å². The monoisotopic (exact) mass is 303 g/mol. The van der Waals surface area contributed by atoms with Crippen molar-refractivity contribution in [3.05, 3.63) is 29.8 Å². The number of hydrogen-bond acceptors (Lipinski definition) is 4. The molecule has 1 spiro atoms. The standard InChI is InChI=1S/C17H21NO4/c1-20-13-6-7-21-17(9-13)10-18(11-17)16(19)15-8-12-4-2-3-5-14(12)22-15/h2-5,13,15H,6-11H2,1H3/t13-,15+/m0/s1. The Kier molecular flexibility index (Phi) is 3.35. The van der Waals surface area contributed by atoms with Crippen LogP contribution < -0.4 is 4.74 Å². The zero-order chi connectivity index (χ0) is 15.2. The molecule has 5 nitrogen and oxygen atoms in total. The lowest BCUT2D eigenvalue weighted by atomic mass is 9.84. The van der Waals surface area contributed by atoms with Gasteiger partial charge in [-0.1, -0.05) is 18.2 Å². The van der Waals surface area contributed by atoms with Crippen LogP contribution in [0.5, 0.6) is 5.75 Å². The Balaban J connectivity index is 1.37. The Labute approximate surface area is 130 Å². The molecular weight excluding hydrogens is 282 g/mol. The lowest BCUT2D eigenvalue weighted by Crippen LogP contribution is -2.68. The third-order valence-corrected chi connectivity index (χ3v) is 4.97. The fraction of sp³-hybridized carbons (Fsp3) is 0.588. The molecular formula is C17H21NO4. The zero-order valence-electron chi connectivity index (χ0n) is 12.8. The average Bonchev–Trinajstić information content (AvgIpc) is 2.96. The van der Waals surface area contributed by atoms with Crippen molar-refractivity contribution in [3.63, 3.8) is 0 Å². The zero-order valence-corrected chi connectivity index (χ0v) is 12.8. The summed E-state index contributed by atoms with van der Waals surface area (Å²) in [6.45, 7) is 2.02. The van der Waals surface area contributed by atoms with E-state index in [0.29, 0.717) is 26.1 Å². The summed E-state index contributed by atoms with van der Waals surface area (Å²) < 4.78 is 17.2. The van der Waals surface area contributed by atoms with E-state index in [4.69, 9.17) is 14.2 Å². The number of amides is 1. The molecule has 1 amide bonds. The average molecular weight is 303 g/mol. The Hall–Kier alpha value is -1.59. The molecule has 3 heterocycles. The Bertz CT molecular complexity index is 557. The number of methoxy groups -OCH3 is 1. The van der Waals surface area contributed by atoms with Gasteiger partial charge in [-0.15, -0.1) is 0 Å². The largest absolute Gasteiger partial charge is 0.480 e. The number of carbonyl (C=O) groups is 1. The summed E-state index contributed by atoms with van der Waals surface area (Å²) in [7, 11) is 1.74. The molecule has 0 radical (unpaired) electrons. The number of rotatable bonds is 2. The van der Waals surface area contributed by atoms with E-state index >= 15 is 0 Å². The molecule has 0 aromatic heterocycles. The van der Waals surface area contributed by atoms with E-state index in [9.17, 15) is 4.79 Å². The first kappa shape index (κ1) is 14.0. The maximum atomic E-state index is 12.6. The van der Waals surface area contributed by atoms with Crippen LogP contribution in [-0.2, 0) is 20.7 Å². The van der Waals surface area contributed by atoms with Crippen LogP contribution in [0, 0.1) is 0 Å². The van der Waals surface area contributed by atoms with Crippen LogP contribution >= 0.6 is 0 Å². The molecule has 0 unspecified atom stereocenters. The van der Waals surface area contributed by atoms with Crippen LogP contribution in [0.2, 0.25) is 0 Å². The van der Waals surface area contributed by atoms with E-state index in [1.165, 1.54) is 0 Å². The van der Waals surface area contributed by atoms with E-state index in [0.717, 1.165) is 24.2 Å². The minimum atomic E-state index is -0.378. The number of carbonyl (C=O) groups excluding carboxylic acids is 1. The number of nitrogens with zero attached hydrogens (tertiary/aromatic N) is 1. The number of benzene rings is 1. The Morgan fingerprint density at radius 3 is 2.95 bits per heavy atom. The van der Waals surface area contributed by atoms with Gasteiger partial charge in [0.1, 0.15) is 11.4 Å². The van der Waals surface area contributed by atoms with E-state index in [2.05, 4.69) is 0 Å². The molecule has 1 aromatic carbocycles. The highest BCUT2D eigenvalue weighted by Gasteiger charge is 2.51. The van der Waals surface area contributed by atoms with Crippen molar-refractivity contribution in [2.24, 2.45) is 0 Å². The summed E-state index contributed by atoms with van der Waals surface area (Å²) in [5.74, 6) is 0.911. The second-order valence-corrected chi connectivity index (χ2v) is 6.49. The van der Waals surface area contributed by atoms with Crippen molar-refractivity contribution in [2.75, 3.05) is 26.8 Å². The number of hydrogen-bond donors (Lipinski definition) is 0. The van der Waals surface area contributed by atoms with Crippen LogP contribution in [-0.4, -0.2) is 55.4 Å². The number of fused-ring (bicyclic) bond motifs is 1. The third-order valence-electron chi connectivity index (χ3n) is 4.97. The van der Waals surface area contributed by atoms with Crippen LogP contribution in [0.4, 0.5) is 0 Å². The van der Waals surface area contributed by atoms with Gasteiger partial charge in [-0.05, 0) is 18.1 Å². The third kappa shape index (κ3) is 2.29. The first-order chi connectivity index (χ1) is 10.7. The van der Waals surface area contributed by atoms with E-state index in [1.54, 1.807) is 7.11 Å². The highest BCUT2D eigenvalue weighted by Crippen LogP contribution is 2.37. The van der Waals surface area contributed by atoms with E-state index in [-0.39, 0.29) is 23.7 Å². The summed E-state index contributed by atoms with van der Waals surface area (Å²) in [5.41, 5.74) is 0.921. The van der Waals surface area contributed by atoms with Crippen LogP contribution in [0.25, 0.3) is 0 Å². The van der Waals surface area contributed by atoms with Crippen LogP contribution in [0.3, 0.4) is 0 Å². The molecule has 22 heavy (non-hydrogen) atoms. The van der Waals surface area contributed by atoms with Gasteiger partial charge in [-0.25, -0.2) is 0 Å². The van der Waals surface area contributed by atoms with Crippen LogP contribution in [0.15, 0.2) is 24.3 Å². The predicted molar refractivity (Wildman–Crippen MR) is 79.9 cm³/mol. The molecule has 0 saturated carbocycles. The normalized spacial score (nSPS) is 28.9. The SMILES string of the molecule is CO[C@H]1CCOC2(C1)CN(C(=O)[C@H]1Cc3ccccc3O1)C2. The summed E-state index contributed by atoms with van der Waals surface area (Å²) >= 11 is 0. The van der Waals surface area contributed by atoms with Gasteiger partial charge in [0, 0.05) is 26.6 Å². The highest BCUT2D eigenvalue weighted by molar-refractivity contribution is 5.83. The van der Waals surface area contributed by atoms with Crippen molar-refractivity contribution in [2.45, 2.75) is 37.1 Å². The van der Waals surface area contributed by atoms with Crippen molar-refractivity contribution >= 4 is 5.91 Å². The molecule has 0 N–H and O–H groups in total. The maximum absolute atomic E-state index is 12.6. The smallest absolute Gasteiger partial charge is 0.264 e. The summed E-state index contributed by atoms with van der Waals surface area (Å²) in [4.78, 5) is 14.4. The number of ether oxygens (including phenoxy) is 3. The molecule has 0 bridgehead atoms. The van der Waals surface area contributed by atoms with Gasteiger partial charge < -0.3 is 19.1 Å². The van der Waals surface area contributed by atoms with Crippen molar-refractivity contribution < 1.29 is 19.0 Å². The number of para-hydroxylation sites is 1. The molecule has 2 fully saturated rings. The molecule has 2 saturated heterocycles. The van der Waals surface area contributed by atoms with Gasteiger partial charge in [0.2, 0.25) is 0 Å². The van der Waals surface area contributed by atoms with E-state index < -0.39 is 0 Å². The molecule has 118 valence electrons. The Morgan fingerprint density at radius 1 is 1.36 bits per heavy atom. The minimum absolute atomic E-state index is 0.0740. The number of likely N-dealkylation sites (tertiary alicyclic amines) is 1. The first-order valence-electron chi connectivity index (χ1n) is 7.89. The van der Waals surface area contributed by atoms with Gasteiger partial charge in [0.15, 0.2) is 6.10 Å². The van der Waals surface area contributed by atoms with Gasteiger partial charge >= 0.3 is 0 Å². The predicted octanol–water partition coefficient (Wildman–Crippen LogP) is 1.40. The summed E-state index contributed by atoms with van der Waals surface area (Å²) in [6.07, 6.45) is 2.35. The lowest BCUT2D eigenvalue weighted by Gasteiger charge is -2.53. The molecule has 3 aliphatic heterocycles. The molecule has 5 heteroatoms. The maximum Gasteiger partial charge on any atom is 0.264 e. The molecule has 2 atom stereocenters. The molecule has 0 aliphatic carbocycles. The Morgan fingerprint density at radius 2 is 2.18 bits per heavy atom.